The molecule has 6 heteroatoms. The van der Waals surface area contributed by atoms with Gasteiger partial charge in [-0.25, -0.2) is 9.48 Å². The fourth-order valence-corrected chi connectivity index (χ4v) is 3.60. The van der Waals surface area contributed by atoms with E-state index in [0.717, 1.165) is 48.4 Å². The number of aryl methyl sites for hydroxylation is 1. The molecule has 2 aromatic rings. The molecule has 0 saturated carbocycles. The minimum Gasteiger partial charge on any atom is -0.452 e. The van der Waals surface area contributed by atoms with Gasteiger partial charge in [-0.2, -0.15) is 5.10 Å². The Morgan fingerprint density at radius 3 is 2.68 bits per heavy atom. The van der Waals surface area contributed by atoms with Crippen LogP contribution in [0.15, 0.2) is 36.4 Å². The van der Waals surface area contributed by atoms with E-state index in [-0.39, 0.29) is 18.6 Å². The van der Waals surface area contributed by atoms with E-state index in [1.54, 1.807) is 11.0 Å². The summed E-state index contributed by atoms with van der Waals surface area (Å²) in [6, 6.07) is 10.0. The first kappa shape index (κ1) is 19.9. The second kappa shape index (κ2) is 8.87. The van der Waals surface area contributed by atoms with Crippen molar-refractivity contribution in [1.29, 1.82) is 0 Å². The number of benzene rings is 1. The van der Waals surface area contributed by atoms with Crippen LogP contribution in [0, 0.1) is 13.8 Å². The predicted octanol–water partition coefficient (Wildman–Crippen LogP) is 3.45. The molecule has 0 spiro atoms. The molecule has 1 atom stereocenters. The lowest BCUT2D eigenvalue weighted by atomic mass is 10.0. The third kappa shape index (κ3) is 4.50. The third-order valence-electron chi connectivity index (χ3n) is 5.20. The standard InChI is InChI=1S/C22H27N3O3/c1-16-9-7-8-14-24(16)21(26)15-28-22(27)13-12-20-17(2)23-25(18(20)3)19-10-5-4-6-11-19/h4-6,10-13,16H,7-9,14-15H2,1-3H3/b13-12+/t16-/m1/s1. The van der Waals surface area contributed by atoms with Crippen LogP contribution in [0.4, 0.5) is 0 Å². The molecule has 1 aromatic carbocycles. The van der Waals surface area contributed by atoms with Crippen molar-refractivity contribution in [1.82, 2.24) is 14.7 Å². The number of esters is 1. The summed E-state index contributed by atoms with van der Waals surface area (Å²) in [4.78, 5) is 26.1. The van der Waals surface area contributed by atoms with Gasteiger partial charge in [0.25, 0.3) is 5.91 Å². The molecule has 0 radical (unpaired) electrons. The van der Waals surface area contributed by atoms with E-state index < -0.39 is 5.97 Å². The number of likely N-dealkylation sites (tertiary alicyclic amines) is 1. The Balaban J connectivity index is 1.61. The number of rotatable bonds is 5. The third-order valence-corrected chi connectivity index (χ3v) is 5.20. The van der Waals surface area contributed by atoms with Gasteiger partial charge in [0.1, 0.15) is 0 Å². The van der Waals surface area contributed by atoms with E-state index in [4.69, 9.17) is 4.74 Å². The minimum absolute atomic E-state index is 0.127. The number of carbonyl (C=O) groups excluding carboxylic acids is 2. The average Bonchev–Trinajstić information content (AvgIpc) is 2.99. The molecule has 148 valence electrons. The van der Waals surface area contributed by atoms with Gasteiger partial charge < -0.3 is 9.64 Å². The second-order valence-corrected chi connectivity index (χ2v) is 7.20. The summed E-state index contributed by atoms with van der Waals surface area (Å²) in [5.41, 5.74) is 3.60. The number of aromatic nitrogens is 2. The zero-order valence-corrected chi connectivity index (χ0v) is 16.7. The van der Waals surface area contributed by atoms with Crippen LogP contribution in [-0.2, 0) is 14.3 Å². The predicted molar refractivity (Wildman–Crippen MR) is 108 cm³/mol. The molecule has 1 amide bonds. The Morgan fingerprint density at radius 1 is 1.21 bits per heavy atom. The van der Waals surface area contributed by atoms with E-state index >= 15 is 0 Å². The maximum Gasteiger partial charge on any atom is 0.331 e. The van der Waals surface area contributed by atoms with Gasteiger partial charge in [-0.05, 0) is 58.2 Å². The van der Waals surface area contributed by atoms with Gasteiger partial charge in [-0.15, -0.1) is 0 Å². The van der Waals surface area contributed by atoms with E-state index in [1.807, 2.05) is 55.8 Å². The first-order valence-electron chi connectivity index (χ1n) is 9.73. The van der Waals surface area contributed by atoms with Gasteiger partial charge in [-0.3, -0.25) is 4.79 Å². The van der Waals surface area contributed by atoms with Crippen molar-refractivity contribution in [2.75, 3.05) is 13.2 Å². The molecular formula is C22H27N3O3. The van der Waals surface area contributed by atoms with Crippen molar-refractivity contribution in [2.24, 2.45) is 0 Å². The number of amides is 1. The fourth-order valence-electron chi connectivity index (χ4n) is 3.60. The number of nitrogens with zero attached hydrogens (tertiary/aromatic N) is 3. The lowest BCUT2D eigenvalue weighted by Gasteiger charge is -2.33. The van der Waals surface area contributed by atoms with Crippen LogP contribution in [0.1, 0.15) is 43.1 Å². The van der Waals surface area contributed by atoms with E-state index in [1.165, 1.54) is 6.08 Å². The molecule has 1 fully saturated rings. The van der Waals surface area contributed by atoms with Crippen LogP contribution in [0.2, 0.25) is 0 Å². The van der Waals surface area contributed by atoms with Crippen molar-refractivity contribution in [3.05, 3.63) is 53.4 Å². The smallest absolute Gasteiger partial charge is 0.331 e. The van der Waals surface area contributed by atoms with Crippen molar-refractivity contribution in [3.63, 3.8) is 0 Å². The Bertz CT molecular complexity index is 871. The molecule has 1 saturated heterocycles. The quantitative estimate of drug-likeness (QED) is 0.588. The number of para-hydroxylation sites is 1. The highest BCUT2D eigenvalue weighted by Gasteiger charge is 2.23. The molecule has 0 N–H and O–H groups in total. The molecular weight excluding hydrogens is 354 g/mol. The molecule has 0 bridgehead atoms. The molecule has 1 aliphatic rings. The van der Waals surface area contributed by atoms with Gasteiger partial charge >= 0.3 is 5.97 Å². The number of piperidine rings is 1. The highest BCUT2D eigenvalue weighted by molar-refractivity contribution is 5.89. The van der Waals surface area contributed by atoms with Gasteiger partial charge in [0, 0.05) is 29.9 Å². The van der Waals surface area contributed by atoms with Gasteiger partial charge in [-0.1, -0.05) is 18.2 Å². The summed E-state index contributed by atoms with van der Waals surface area (Å²) in [6.07, 6.45) is 6.22. The lowest BCUT2D eigenvalue weighted by Crippen LogP contribution is -2.44. The molecule has 0 unspecified atom stereocenters. The van der Waals surface area contributed by atoms with Crippen LogP contribution in [0.25, 0.3) is 11.8 Å². The Kier molecular flexibility index (Phi) is 6.29. The van der Waals surface area contributed by atoms with Crippen LogP contribution in [0.5, 0.6) is 0 Å². The normalized spacial score (nSPS) is 17.1. The van der Waals surface area contributed by atoms with E-state index in [2.05, 4.69) is 5.10 Å². The first-order chi connectivity index (χ1) is 13.5. The zero-order chi connectivity index (χ0) is 20.1. The first-order valence-corrected chi connectivity index (χ1v) is 9.73. The SMILES string of the molecule is Cc1nn(-c2ccccc2)c(C)c1/C=C/C(=O)OCC(=O)N1CCCC[C@H]1C. The Morgan fingerprint density at radius 2 is 1.96 bits per heavy atom. The summed E-state index contributed by atoms with van der Waals surface area (Å²) < 4.78 is 7.00. The Hall–Kier alpha value is -2.89. The number of hydrogen-bond acceptors (Lipinski definition) is 4. The van der Waals surface area contributed by atoms with Crippen LogP contribution in [-0.4, -0.2) is 45.8 Å². The number of hydrogen-bond donors (Lipinski definition) is 0. The van der Waals surface area contributed by atoms with E-state index in [0.29, 0.717) is 0 Å². The van der Waals surface area contributed by atoms with Crippen molar-refractivity contribution in [3.8, 4) is 5.69 Å². The molecule has 1 aromatic heterocycles. The molecule has 2 heterocycles. The molecule has 6 nitrogen and oxygen atoms in total. The Labute approximate surface area is 165 Å². The zero-order valence-electron chi connectivity index (χ0n) is 16.7. The monoisotopic (exact) mass is 381 g/mol. The maximum absolute atomic E-state index is 12.3. The second-order valence-electron chi connectivity index (χ2n) is 7.20. The molecule has 28 heavy (non-hydrogen) atoms. The summed E-state index contributed by atoms with van der Waals surface area (Å²) in [7, 11) is 0. The van der Waals surface area contributed by atoms with Crippen LogP contribution in [0.3, 0.4) is 0 Å². The topological polar surface area (TPSA) is 64.4 Å². The van der Waals surface area contributed by atoms with E-state index in [9.17, 15) is 9.59 Å². The fraction of sp³-hybridized carbons (Fsp3) is 0.409. The van der Waals surface area contributed by atoms with Crippen molar-refractivity contribution >= 4 is 18.0 Å². The summed E-state index contributed by atoms with van der Waals surface area (Å²) in [5.74, 6) is -0.650. The van der Waals surface area contributed by atoms with Gasteiger partial charge in [0.05, 0.1) is 11.4 Å². The lowest BCUT2D eigenvalue weighted by molar-refractivity contribution is -0.149. The van der Waals surface area contributed by atoms with Crippen molar-refractivity contribution < 1.29 is 14.3 Å². The minimum atomic E-state index is -0.524. The highest BCUT2D eigenvalue weighted by Crippen LogP contribution is 2.19. The summed E-state index contributed by atoms with van der Waals surface area (Å²) in [5, 5.41) is 4.55. The molecule has 1 aliphatic heterocycles. The van der Waals surface area contributed by atoms with Crippen LogP contribution < -0.4 is 0 Å². The summed E-state index contributed by atoms with van der Waals surface area (Å²) in [6.45, 7) is 6.42. The maximum atomic E-state index is 12.3. The largest absolute Gasteiger partial charge is 0.452 e. The molecule has 3 rings (SSSR count). The van der Waals surface area contributed by atoms with Crippen molar-refractivity contribution in [2.45, 2.75) is 46.1 Å². The van der Waals surface area contributed by atoms with Gasteiger partial charge in [0.15, 0.2) is 6.61 Å². The van der Waals surface area contributed by atoms with Gasteiger partial charge in [0.2, 0.25) is 0 Å². The number of ether oxygens (including phenoxy) is 1. The summed E-state index contributed by atoms with van der Waals surface area (Å²) >= 11 is 0. The highest BCUT2D eigenvalue weighted by atomic mass is 16.5. The average molecular weight is 381 g/mol. The number of carbonyl (C=O) groups is 2. The van der Waals surface area contributed by atoms with Crippen LogP contribution >= 0.6 is 0 Å². The molecule has 0 aliphatic carbocycles.